The average Bonchev–Trinajstić information content (AvgIpc) is 2.90. The number of hydrogen-bond acceptors (Lipinski definition) is 2. The molecule has 17 heavy (non-hydrogen) atoms. The first-order valence-electron chi connectivity index (χ1n) is 5.55. The average molecular weight is 295 g/mol. The maximum atomic E-state index is 5.09. The number of furan rings is 1. The van der Waals surface area contributed by atoms with E-state index in [2.05, 4.69) is 40.2 Å². The molecule has 0 radical (unpaired) electrons. The topological polar surface area (TPSA) is 22.4 Å². The summed E-state index contributed by atoms with van der Waals surface area (Å²) in [6.45, 7) is 0.763. The van der Waals surface area contributed by atoms with Crippen molar-refractivity contribution in [2.75, 3.05) is 13.7 Å². The van der Waals surface area contributed by atoms with Gasteiger partial charge in [0.2, 0.25) is 0 Å². The fraction of sp³-hybridized carbons (Fsp3) is 0.286. The Morgan fingerprint density at radius 2 is 1.94 bits per heavy atom. The Balaban J connectivity index is 2.07. The number of benzene rings is 1. The molecule has 0 aliphatic rings. The molecule has 2 nitrogen and oxygen atoms in total. The molecule has 90 valence electrons. The highest BCUT2D eigenvalue weighted by Gasteiger charge is 2.10. The highest BCUT2D eigenvalue weighted by Crippen LogP contribution is 2.30. The van der Waals surface area contributed by atoms with Crippen LogP contribution >= 0.6 is 15.9 Å². The van der Waals surface area contributed by atoms with Crippen molar-refractivity contribution in [3.8, 4) is 0 Å². The Bertz CT molecular complexity index is 434. The van der Waals surface area contributed by atoms with Crippen LogP contribution in [0.25, 0.3) is 0 Å². The molecule has 0 amide bonds. The molecule has 2 aromatic rings. The number of hydrogen-bond donors (Lipinski definition) is 0. The van der Waals surface area contributed by atoms with E-state index in [9.17, 15) is 0 Å². The summed E-state index contributed by atoms with van der Waals surface area (Å²) in [4.78, 5) is 0.192. The van der Waals surface area contributed by atoms with Crippen LogP contribution in [-0.2, 0) is 11.2 Å². The summed E-state index contributed by atoms with van der Waals surface area (Å²) < 4.78 is 10.1. The molecule has 1 heterocycles. The van der Waals surface area contributed by atoms with Crippen molar-refractivity contribution in [1.82, 2.24) is 0 Å². The first-order chi connectivity index (χ1) is 8.31. The zero-order valence-electron chi connectivity index (χ0n) is 9.73. The third-order valence-electron chi connectivity index (χ3n) is 2.70. The molecule has 0 fully saturated rings. The molecule has 0 N–H and O–H groups in total. The van der Waals surface area contributed by atoms with Crippen LogP contribution < -0.4 is 0 Å². The van der Waals surface area contributed by atoms with Crippen LogP contribution in [-0.4, -0.2) is 13.7 Å². The number of halogens is 1. The van der Waals surface area contributed by atoms with E-state index in [0.717, 1.165) is 18.6 Å². The lowest BCUT2D eigenvalue weighted by atomic mass is 10.0. The van der Waals surface area contributed by atoms with Gasteiger partial charge in [-0.1, -0.05) is 40.2 Å². The Kier molecular flexibility index (Phi) is 4.40. The van der Waals surface area contributed by atoms with Crippen molar-refractivity contribution < 1.29 is 9.15 Å². The van der Waals surface area contributed by atoms with Gasteiger partial charge in [0, 0.05) is 12.7 Å². The zero-order valence-corrected chi connectivity index (χ0v) is 11.3. The summed E-state index contributed by atoms with van der Waals surface area (Å²) in [6.07, 6.45) is 4.41. The summed E-state index contributed by atoms with van der Waals surface area (Å²) >= 11 is 3.67. The van der Waals surface area contributed by atoms with E-state index in [1.54, 1.807) is 19.6 Å². The van der Waals surface area contributed by atoms with Gasteiger partial charge in [-0.3, -0.25) is 0 Å². The van der Waals surface area contributed by atoms with Crippen LogP contribution in [0, 0.1) is 0 Å². The summed E-state index contributed by atoms with van der Waals surface area (Å²) in [5.41, 5.74) is 3.66. The molecule has 1 aromatic heterocycles. The molecule has 0 aliphatic heterocycles. The minimum Gasteiger partial charge on any atom is -0.472 e. The van der Waals surface area contributed by atoms with Gasteiger partial charge < -0.3 is 9.15 Å². The second-order valence-electron chi connectivity index (χ2n) is 3.90. The van der Waals surface area contributed by atoms with Crippen molar-refractivity contribution in [3.63, 3.8) is 0 Å². The van der Waals surface area contributed by atoms with Gasteiger partial charge in [-0.15, -0.1) is 0 Å². The second kappa shape index (κ2) is 6.03. The van der Waals surface area contributed by atoms with E-state index in [4.69, 9.17) is 9.15 Å². The maximum Gasteiger partial charge on any atom is 0.0949 e. The highest BCUT2D eigenvalue weighted by atomic mass is 79.9. The van der Waals surface area contributed by atoms with Gasteiger partial charge in [0.25, 0.3) is 0 Å². The molecule has 1 aromatic carbocycles. The Morgan fingerprint density at radius 3 is 2.53 bits per heavy atom. The van der Waals surface area contributed by atoms with E-state index in [0.29, 0.717) is 0 Å². The van der Waals surface area contributed by atoms with Crippen LogP contribution in [0.5, 0.6) is 0 Å². The first kappa shape index (κ1) is 12.4. The highest BCUT2D eigenvalue weighted by molar-refractivity contribution is 9.09. The Morgan fingerprint density at radius 1 is 1.18 bits per heavy atom. The van der Waals surface area contributed by atoms with Crippen LogP contribution in [0.2, 0.25) is 0 Å². The normalized spacial score (nSPS) is 12.6. The molecule has 0 spiro atoms. The minimum absolute atomic E-state index is 0.192. The molecular weight excluding hydrogens is 280 g/mol. The number of alkyl halides is 1. The fourth-order valence-electron chi connectivity index (χ4n) is 1.68. The van der Waals surface area contributed by atoms with Gasteiger partial charge in [0.1, 0.15) is 0 Å². The zero-order chi connectivity index (χ0) is 12.1. The van der Waals surface area contributed by atoms with Crippen LogP contribution in [0.15, 0.2) is 47.3 Å². The second-order valence-corrected chi connectivity index (χ2v) is 4.82. The fourth-order valence-corrected chi connectivity index (χ4v) is 2.25. The lowest BCUT2D eigenvalue weighted by molar-refractivity contribution is 0.202. The summed E-state index contributed by atoms with van der Waals surface area (Å²) in [6, 6.07) is 10.5. The molecule has 3 heteroatoms. The molecule has 0 aliphatic carbocycles. The summed E-state index contributed by atoms with van der Waals surface area (Å²) in [5, 5.41) is 0. The number of rotatable bonds is 5. The van der Waals surface area contributed by atoms with Crippen LogP contribution in [0.4, 0.5) is 0 Å². The van der Waals surface area contributed by atoms with Gasteiger partial charge in [0.05, 0.1) is 24.0 Å². The molecule has 2 rings (SSSR count). The lowest BCUT2D eigenvalue weighted by Gasteiger charge is -2.08. The van der Waals surface area contributed by atoms with Crippen molar-refractivity contribution in [1.29, 1.82) is 0 Å². The lowest BCUT2D eigenvalue weighted by Crippen LogP contribution is -1.95. The van der Waals surface area contributed by atoms with E-state index >= 15 is 0 Å². The maximum absolute atomic E-state index is 5.09. The molecule has 0 bridgehead atoms. The van der Waals surface area contributed by atoms with E-state index in [-0.39, 0.29) is 4.83 Å². The predicted molar refractivity (Wildman–Crippen MR) is 71.5 cm³/mol. The van der Waals surface area contributed by atoms with Gasteiger partial charge >= 0.3 is 0 Å². The quantitative estimate of drug-likeness (QED) is 0.779. The van der Waals surface area contributed by atoms with Crippen LogP contribution in [0.1, 0.15) is 21.5 Å². The SMILES string of the molecule is COCCc1ccc(C(Br)c2ccoc2)cc1. The summed E-state index contributed by atoms with van der Waals surface area (Å²) in [5.74, 6) is 0. The van der Waals surface area contributed by atoms with Gasteiger partial charge in [-0.2, -0.15) is 0 Å². The third-order valence-corrected chi connectivity index (χ3v) is 3.76. The third kappa shape index (κ3) is 3.20. The van der Waals surface area contributed by atoms with Crippen molar-refractivity contribution >= 4 is 15.9 Å². The largest absolute Gasteiger partial charge is 0.472 e. The smallest absolute Gasteiger partial charge is 0.0949 e. The predicted octanol–water partition coefficient (Wildman–Crippen LogP) is 3.95. The molecule has 1 atom stereocenters. The van der Waals surface area contributed by atoms with Crippen molar-refractivity contribution in [2.45, 2.75) is 11.2 Å². The molecule has 0 saturated carbocycles. The molecule has 1 unspecified atom stereocenters. The first-order valence-corrected chi connectivity index (χ1v) is 6.47. The van der Waals surface area contributed by atoms with E-state index in [1.165, 1.54) is 11.1 Å². The summed E-state index contributed by atoms with van der Waals surface area (Å²) in [7, 11) is 1.72. The number of methoxy groups -OCH3 is 1. The van der Waals surface area contributed by atoms with Gasteiger partial charge in [0.15, 0.2) is 0 Å². The van der Waals surface area contributed by atoms with Crippen LogP contribution in [0.3, 0.4) is 0 Å². The number of ether oxygens (including phenoxy) is 1. The minimum atomic E-state index is 0.192. The van der Waals surface area contributed by atoms with Gasteiger partial charge in [-0.05, 0) is 23.6 Å². The van der Waals surface area contributed by atoms with Gasteiger partial charge in [-0.25, -0.2) is 0 Å². The van der Waals surface area contributed by atoms with Crippen molar-refractivity contribution in [2.24, 2.45) is 0 Å². The van der Waals surface area contributed by atoms with E-state index in [1.807, 2.05) is 6.07 Å². The molecule has 0 saturated heterocycles. The standard InChI is InChI=1S/C14H15BrO2/c1-16-8-6-11-2-4-12(5-3-11)14(15)13-7-9-17-10-13/h2-5,7,9-10,14H,6,8H2,1H3. The van der Waals surface area contributed by atoms with Crippen molar-refractivity contribution in [3.05, 3.63) is 59.5 Å². The monoisotopic (exact) mass is 294 g/mol. The molecular formula is C14H15BrO2. The Labute approximate surface area is 110 Å². The van der Waals surface area contributed by atoms with E-state index < -0.39 is 0 Å². The Hall–Kier alpha value is -1.06.